The maximum Gasteiger partial charge on any atom is 0.374 e. The molecule has 2 heterocycles. The van der Waals surface area contributed by atoms with Crippen molar-refractivity contribution >= 4 is 38.3 Å². The quantitative estimate of drug-likeness (QED) is 0.567. The number of aryl methyl sites for hydroxylation is 1. The van der Waals surface area contributed by atoms with E-state index in [2.05, 4.69) is 21.6 Å². The van der Waals surface area contributed by atoms with Gasteiger partial charge in [-0.05, 0) is 57.3 Å². The molecule has 32 heavy (non-hydrogen) atoms. The van der Waals surface area contributed by atoms with E-state index >= 15 is 0 Å². The molecule has 0 atom stereocenters. The predicted molar refractivity (Wildman–Crippen MR) is 124 cm³/mol. The largest absolute Gasteiger partial charge is 0.460 e. The number of sulfonamides is 1. The van der Waals surface area contributed by atoms with Gasteiger partial charge in [0, 0.05) is 42.8 Å². The van der Waals surface area contributed by atoms with Gasteiger partial charge in [-0.25, -0.2) is 13.2 Å². The molecule has 1 aromatic heterocycles. The van der Waals surface area contributed by atoms with E-state index in [1.165, 1.54) is 12.1 Å². The highest BCUT2D eigenvalue weighted by Gasteiger charge is 2.22. The van der Waals surface area contributed by atoms with Crippen molar-refractivity contribution in [3.63, 3.8) is 0 Å². The molecular weight excluding hydrogens is 430 g/mol. The molecule has 1 aliphatic heterocycles. The highest BCUT2D eigenvalue weighted by atomic mass is 32.2. The number of furan rings is 1. The minimum atomic E-state index is -3.83. The standard InChI is InChI=1S/C23H27N3O5S/c1-4-30-23(27)22-16(2)20-15-19(8-9-21(20)31-22)32(28,29)24-17-6-5-7-18(14-17)26-12-10-25(3)11-13-26/h5-9,14-15,24H,4,10-13H2,1-3H3. The number of carbonyl (C=O) groups is 1. The second-order valence-corrected chi connectivity index (χ2v) is 9.56. The first kappa shape index (κ1) is 22.2. The molecule has 170 valence electrons. The highest BCUT2D eigenvalue weighted by molar-refractivity contribution is 7.92. The van der Waals surface area contributed by atoms with Crippen LogP contribution in [0.1, 0.15) is 23.0 Å². The fourth-order valence-electron chi connectivity index (χ4n) is 3.80. The number of rotatable bonds is 6. The number of hydrogen-bond acceptors (Lipinski definition) is 7. The van der Waals surface area contributed by atoms with Crippen molar-refractivity contribution in [1.82, 2.24) is 4.90 Å². The van der Waals surface area contributed by atoms with E-state index in [4.69, 9.17) is 9.15 Å². The van der Waals surface area contributed by atoms with E-state index in [1.54, 1.807) is 26.0 Å². The molecule has 0 aliphatic carbocycles. The maximum atomic E-state index is 13.1. The van der Waals surface area contributed by atoms with Crippen LogP contribution >= 0.6 is 0 Å². The average molecular weight is 458 g/mol. The maximum absolute atomic E-state index is 13.1. The van der Waals surface area contributed by atoms with Crippen molar-refractivity contribution in [2.24, 2.45) is 0 Å². The number of hydrogen-bond donors (Lipinski definition) is 1. The molecule has 1 N–H and O–H groups in total. The Bertz CT molecular complexity index is 1240. The van der Waals surface area contributed by atoms with E-state index in [0.717, 1.165) is 31.9 Å². The van der Waals surface area contributed by atoms with Gasteiger partial charge < -0.3 is 19.0 Å². The third-order valence-electron chi connectivity index (χ3n) is 5.65. The second-order valence-electron chi connectivity index (χ2n) is 7.88. The van der Waals surface area contributed by atoms with E-state index in [-0.39, 0.29) is 17.3 Å². The summed E-state index contributed by atoms with van der Waals surface area (Å²) in [6.45, 7) is 7.37. The molecule has 0 unspecified atom stereocenters. The number of benzene rings is 2. The smallest absolute Gasteiger partial charge is 0.374 e. The van der Waals surface area contributed by atoms with Gasteiger partial charge in [0.05, 0.1) is 17.2 Å². The number of esters is 1. The van der Waals surface area contributed by atoms with Crippen molar-refractivity contribution in [2.75, 3.05) is 49.5 Å². The Morgan fingerprint density at radius 1 is 1.12 bits per heavy atom. The van der Waals surface area contributed by atoms with Crippen LogP contribution in [0.25, 0.3) is 11.0 Å². The lowest BCUT2D eigenvalue weighted by molar-refractivity contribution is 0.0491. The van der Waals surface area contributed by atoms with Crippen molar-refractivity contribution in [2.45, 2.75) is 18.7 Å². The zero-order chi connectivity index (χ0) is 22.9. The van der Waals surface area contributed by atoms with Crippen LogP contribution in [0.5, 0.6) is 0 Å². The molecule has 0 bridgehead atoms. The number of piperazine rings is 1. The summed E-state index contributed by atoms with van der Waals surface area (Å²) in [4.78, 5) is 16.7. The van der Waals surface area contributed by atoms with Crippen LogP contribution in [0.3, 0.4) is 0 Å². The topological polar surface area (TPSA) is 92.1 Å². The molecule has 0 saturated carbocycles. The van der Waals surface area contributed by atoms with E-state index in [9.17, 15) is 13.2 Å². The second kappa shape index (κ2) is 8.84. The fourth-order valence-corrected chi connectivity index (χ4v) is 4.88. The van der Waals surface area contributed by atoms with Gasteiger partial charge in [0.2, 0.25) is 5.76 Å². The summed E-state index contributed by atoms with van der Waals surface area (Å²) in [6, 6.07) is 12.0. The minimum Gasteiger partial charge on any atom is -0.460 e. The summed E-state index contributed by atoms with van der Waals surface area (Å²) >= 11 is 0. The third-order valence-corrected chi connectivity index (χ3v) is 7.02. The minimum absolute atomic E-state index is 0.0873. The van der Waals surface area contributed by atoms with Crippen molar-refractivity contribution in [1.29, 1.82) is 0 Å². The SMILES string of the molecule is CCOC(=O)c1oc2ccc(S(=O)(=O)Nc3cccc(N4CCN(C)CC4)c3)cc2c1C. The van der Waals surface area contributed by atoms with Crippen LogP contribution in [0.2, 0.25) is 0 Å². The zero-order valence-electron chi connectivity index (χ0n) is 18.4. The molecule has 8 nitrogen and oxygen atoms in total. The van der Waals surface area contributed by atoms with Gasteiger partial charge in [-0.2, -0.15) is 0 Å². The van der Waals surface area contributed by atoms with E-state index in [1.807, 2.05) is 18.2 Å². The number of nitrogens with one attached hydrogen (secondary N) is 1. The number of carbonyl (C=O) groups excluding carboxylic acids is 1. The summed E-state index contributed by atoms with van der Waals surface area (Å²) in [5.41, 5.74) is 2.46. The Balaban J connectivity index is 1.59. The van der Waals surface area contributed by atoms with Crippen LogP contribution in [0.15, 0.2) is 51.8 Å². The fraction of sp³-hybridized carbons (Fsp3) is 0.348. The predicted octanol–water partition coefficient (Wildman–Crippen LogP) is 3.47. The summed E-state index contributed by atoms with van der Waals surface area (Å²) in [5, 5.41) is 0.558. The molecule has 1 fully saturated rings. The van der Waals surface area contributed by atoms with Crippen molar-refractivity contribution < 1.29 is 22.4 Å². The highest BCUT2D eigenvalue weighted by Crippen LogP contribution is 2.29. The number of likely N-dealkylation sites (N-methyl/N-ethyl adjacent to an activating group) is 1. The Labute approximate surface area is 187 Å². The molecule has 3 aromatic rings. The molecule has 0 spiro atoms. The van der Waals surface area contributed by atoms with Gasteiger partial charge in [0.1, 0.15) is 5.58 Å². The Morgan fingerprint density at radius 3 is 2.59 bits per heavy atom. The average Bonchev–Trinajstić information content (AvgIpc) is 3.10. The molecule has 2 aromatic carbocycles. The lowest BCUT2D eigenvalue weighted by atomic mass is 10.1. The lowest BCUT2D eigenvalue weighted by Gasteiger charge is -2.34. The molecule has 9 heteroatoms. The summed E-state index contributed by atoms with van der Waals surface area (Å²) in [7, 11) is -1.74. The van der Waals surface area contributed by atoms with Gasteiger partial charge in [-0.15, -0.1) is 0 Å². The van der Waals surface area contributed by atoms with Crippen LogP contribution in [0.4, 0.5) is 11.4 Å². The van der Waals surface area contributed by atoms with Crippen molar-refractivity contribution in [3.05, 3.63) is 53.8 Å². The first-order valence-corrected chi connectivity index (χ1v) is 12.0. The summed E-state index contributed by atoms with van der Waals surface area (Å²) < 4.78 is 39.4. The Hall–Kier alpha value is -3.04. The monoisotopic (exact) mass is 457 g/mol. The first-order valence-electron chi connectivity index (χ1n) is 10.5. The Kier molecular flexibility index (Phi) is 6.12. The lowest BCUT2D eigenvalue weighted by Crippen LogP contribution is -2.44. The van der Waals surface area contributed by atoms with Crippen LogP contribution in [0, 0.1) is 6.92 Å². The van der Waals surface area contributed by atoms with Crippen LogP contribution in [-0.2, 0) is 14.8 Å². The number of anilines is 2. The number of nitrogens with zero attached hydrogens (tertiary/aromatic N) is 2. The molecule has 0 amide bonds. The molecule has 1 saturated heterocycles. The number of ether oxygens (including phenoxy) is 1. The summed E-state index contributed by atoms with van der Waals surface area (Å²) in [6.07, 6.45) is 0. The molecule has 1 aliphatic rings. The molecule has 0 radical (unpaired) electrons. The van der Waals surface area contributed by atoms with Gasteiger partial charge in [0.15, 0.2) is 0 Å². The van der Waals surface area contributed by atoms with E-state index in [0.29, 0.717) is 22.2 Å². The van der Waals surface area contributed by atoms with Gasteiger partial charge in [0.25, 0.3) is 10.0 Å². The van der Waals surface area contributed by atoms with Gasteiger partial charge in [-0.1, -0.05) is 6.07 Å². The normalized spacial score (nSPS) is 15.2. The van der Waals surface area contributed by atoms with Gasteiger partial charge >= 0.3 is 5.97 Å². The summed E-state index contributed by atoms with van der Waals surface area (Å²) in [5.74, 6) is -0.478. The van der Waals surface area contributed by atoms with Crippen LogP contribution < -0.4 is 9.62 Å². The number of fused-ring (bicyclic) bond motifs is 1. The van der Waals surface area contributed by atoms with Gasteiger partial charge in [-0.3, -0.25) is 4.72 Å². The first-order chi connectivity index (χ1) is 15.3. The zero-order valence-corrected chi connectivity index (χ0v) is 19.2. The Morgan fingerprint density at radius 2 is 1.88 bits per heavy atom. The third kappa shape index (κ3) is 4.44. The van der Waals surface area contributed by atoms with Crippen molar-refractivity contribution in [3.8, 4) is 0 Å². The van der Waals surface area contributed by atoms with Crippen LogP contribution in [-0.4, -0.2) is 59.1 Å². The molecule has 4 rings (SSSR count). The van der Waals surface area contributed by atoms with E-state index < -0.39 is 16.0 Å². The molecular formula is C23H27N3O5S.